The Bertz CT molecular complexity index is 2030. The van der Waals surface area contributed by atoms with Gasteiger partial charge in [0.1, 0.15) is 0 Å². The molecule has 1 aromatic heterocycles. The Morgan fingerprint density at radius 2 is 1.48 bits per heavy atom. The van der Waals surface area contributed by atoms with E-state index in [9.17, 15) is 27.6 Å². The highest BCUT2D eigenvalue weighted by molar-refractivity contribution is 6.35. The Morgan fingerprint density at radius 1 is 0.833 bits per heavy atom. The highest BCUT2D eigenvalue weighted by atomic mass is 35.5. The number of amides is 3. The standard InChI is InChI=1S/C38H38ClF3N8O4/c1-24-2-4-25(5-3-24)20-43-30(51)32(53)50-19-17-36(22-50)16-18-49(21-36)31(52)26-6-12-29(13-7-26)44-33-45-34(47-35(46-33)54-23-38(40,41)42)48-37(14-15-37)27-8-10-28(39)11-9-27/h2-13H,14-23H2,1H3,(H,43,51)(H2,44,45,46,47,48). The zero-order valence-corrected chi connectivity index (χ0v) is 30.1. The number of benzene rings is 3. The Morgan fingerprint density at radius 3 is 2.15 bits per heavy atom. The van der Waals surface area contributed by atoms with Gasteiger partial charge in [0.25, 0.3) is 5.91 Å². The van der Waals surface area contributed by atoms with E-state index < -0.39 is 36.1 Å². The molecular weight excluding hydrogens is 725 g/mol. The normalized spacial score (nSPS) is 18.8. The molecule has 1 spiro atoms. The topological polar surface area (TPSA) is 142 Å². The predicted octanol–water partition coefficient (Wildman–Crippen LogP) is 6.00. The molecule has 3 fully saturated rings. The molecule has 0 bridgehead atoms. The number of carbonyl (C=O) groups excluding carboxylic acids is 3. The minimum atomic E-state index is -4.60. The molecule has 1 saturated carbocycles. The maximum atomic E-state index is 13.5. The van der Waals surface area contributed by atoms with Crippen LogP contribution in [0.25, 0.3) is 0 Å². The van der Waals surface area contributed by atoms with Gasteiger partial charge in [0.15, 0.2) is 6.61 Å². The predicted molar refractivity (Wildman–Crippen MR) is 194 cm³/mol. The van der Waals surface area contributed by atoms with Crippen LogP contribution >= 0.6 is 11.6 Å². The van der Waals surface area contributed by atoms with Crippen molar-refractivity contribution in [2.75, 3.05) is 43.4 Å². The van der Waals surface area contributed by atoms with Gasteiger partial charge in [-0.15, -0.1) is 0 Å². The number of aryl methyl sites for hydroxylation is 1. The zero-order chi connectivity index (χ0) is 38.1. The van der Waals surface area contributed by atoms with Gasteiger partial charge in [-0.05, 0) is 80.1 Å². The minimum Gasteiger partial charge on any atom is -0.454 e. The summed E-state index contributed by atoms with van der Waals surface area (Å²) in [7, 11) is 0. The number of rotatable bonds is 10. The van der Waals surface area contributed by atoms with Gasteiger partial charge in [0, 0.05) is 54.4 Å². The van der Waals surface area contributed by atoms with Crippen molar-refractivity contribution in [3.63, 3.8) is 0 Å². The second-order valence-corrected chi connectivity index (χ2v) is 14.6. The number of anilines is 3. The Labute approximate surface area is 314 Å². The zero-order valence-electron chi connectivity index (χ0n) is 29.4. The largest absolute Gasteiger partial charge is 0.454 e. The van der Waals surface area contributed by atoms with Crippen molar-refractivity contribution < 1.29 is 32.3 Å². The van der Waals surface area contributed by atoms with Gasteiger partial charge >= 0.3 is 24.0 Å². The van der Waals surface area contributed by atoms with E-state index in [-0.39, 0.29) is 29.8 Å². The van der Waals surface area contributed by atoms with Gasteiger partial charge in [-0.2, -0.15) is 28.1 Å². The first kappa shape index (κ1) is 36.9. The molecule has 0 radical (unpaired) electrons. The molecule has 3 N–H and O–H groups in total. The van der Waals surface area contributed by atoms with Crippen LogP contribution in [-0.2, 0) is 21.7 Å². The highest BCUT2D eigenvalue weighted by Gasteiger charge is 2.47. The number of alkyl halides is 3. The molecule has 7 rings (SSSR count). The van der Waals surface area contributed by atoms with Gasteiger partial charge in [0.05, 0.1) is 5.54 Å². The van der Waals surface area contributed by atoms with Crippen LogP contribution in [0.2, 0.25) is 5.02 Å². The molecule has 2 saturated heterocycles. The lowest BCUT2D eigenvalue weighted by Gasteiger charge is -2.24. The van der Waals surface area contributed by atoms with Crippen LogP contribution in [0.4, 0.5) is 30.8 Å². The third-order valence-electron chi connectivity index (χ3n) is 10.1. The Hall–Kier alpha value is -5.44. The molecule has 4 aromatic rings. The van der Waals surface area contributed by atoms with E-state index in [0.29, 0.717) is 55.3 Å². The Balaban J connectivity index is 0.966. The van der Waals surface area contributed by atoms with Crippen molar-refractivity contribution >= 4 is 46.9 Å². The molecule has 3 aliphatic rings. The lowest BCUT2D eigenvalue weighted by atomic mass is 9.86. The first-order chi connectivity index (χ1) is 25.8. The second kappa shape index (κ2) is 14.8. The summed E-state index contributed by atoms with van der Waals surface area (Å²) in [6.45, 7) is 2.47. The average Bonchev–Trinajstić information content (AvgIpc) is 3.61. The number of ether oxygens (including phenoxy) is 1. The summed E-state index contributed by atoms with van der Waals surface area (Å²) in [5, 5.41) is 9.50. The molecule has 2 aliphatic heterocycles. The lowest BCUT2D eigenvalue weighted by molar-refractivity contribution is -0.154. The molecular formula is C38H38ClF3N8O4. The average molecular weight is 763 g/mol. The van der Waals surface area contributed by atoms with Crippen LogP contribution in [-0.4, -0.2) is 81.4 Å². The highest BCUT2D eigenvalue weighted by Crippen LogP contribution is 2.48. The molecule has 3 aromatic carbocycles. The third-order valence-corrected chi connectivity index (χ3v) is 10.3. The van der Waals surface area contributed by atoms with Crippen LogP contribution in [0.3, 0.4) is 0 Å². The number of carbonyl (C=O) groups is 3. The lowest BCUT2D eigenvalue weighted by Crippen LogP contribution is -2.43. The first-order valence-corrected chi connectivity index (χ1v) is 17.9. The number of hydrogen-bond donors (Lipinski definition) is 3. The van der Waals surface area contributed by atoms with Crippen molar-refractivity contribution in [1.82, 2.24) is 30.1 Å². The van der Waals surface area contributed by atoms with E-state index in [1.165, 1.54) is 0 Å². The fraction of sp³-hybridized carbons (Fsp3) is 0.368. The summed E-state index contributed by atoms with van der Waals surface area (Å²) in [6, 6.07) is 21.0. The van der Waals surface area contributed by atoms with Crippen LogP contribution in [0.15, 0.2) is 72.8 Å². The number of nitrogens with one attached hydrogen (secondary N) is 3. The Kier molecular flexibility index (Phi) is 10.1. The molecule has 3 heterocycles. The summed E-state index contributed by atoms with van der Waals surface area (Å²) in [6.07, 6.45) is -1.70. The second-order valence-electron chi connectivity index (χ2n) is 14.2. The third kappa shape index (κ3) is 8.67. The van der Waals surface area contributed by atoms with E-state index in [2.05, 4.69) is 30.9 Å². The molecule has 282 valence electrons. The van der Waals surface area contributed by atoms with Crippen LogP contribution in [0.5, 0.6) is 6.01 Å². The maximum absolute atomic E-state index is 13.5. The van der Waals surface area contributed by atoms with E-state index in [1.807, 2.05) is 43.3 Å². The summed E-state index contributed by atoms with van der Waals surface area (Å²) in [5.41, 5.74) is 3.06. The summed E-state index contributed by atoms with van der Waals surface area (Å²) >= 11 is 6.05. The van der Waals surface area contributed by atoms with E-state index in [0.717, 1.165) is 29.5 Å². The molecule has 12 nitrogen and oxygen atoms in total. The van der Waals surface area contributed by atoms with Crippen LogP contribution < -0.4 is 20.7 Å². The summed E-state index contributed by atoms with van der Waals surface area (Å²) in [5.74, 6) is -1.42. The van der Waals surface area contributed by atoms with Gasteiger partial charge in [-0.1, -0.05) is 53.6 Å². The number of nitrogens with zero attached hydrogens (tertiary/aromatic N) is 5. The molecule has 16 heteroatoms. The van der Waals surface area contributed by atoms with E-state index in [4.69, 9.17) is 16.3 Å². The van der Waals surface area contributed by atoms with Crippen molar-refractivity contribution in [2.45, 2.75) is 50.9 Å². The van der Waals surface area contributed by atoms with Crippen LogP contribution in [0, 0.1) is 12.3 Å². The number of likely N-dealkylation sites (tertiary alicyclic amines) is 2. The number of halogens is 4. The summed E-state index contributed by atoms with van der Waals surface area (Å²) < 4.78 is 43.8. The van der Waals surface area contributed by atoms with Crippen LogP contribution in [0.1, 0.15) is 52.7 Å². The molecule has 1 atom stereocenters. The molecule has 3 amide bonds. The van der Waals surface area contributed by atoms with Crippen molar-refractivity contribution in [1.29, 1.82) is 0 Å². The SMILES string of the molecule is Cc1ccc(CNC(=O)C(=O)N2CCC3(CCN(C(=O)c4ccc(Nc5nc(NC6(c7ccc(Cl)cc7)CC6)nc(OCC(F)(F)F)n5)cc4)C3)C2)cc1. The maximum Gasteiger partial charge on any atom is 0.422 e. The van der Waals surface area contributed by atoms with Gasteiger partial charge in [0.2, 0.25) is 11.9 Å². The first-order valence-electron chi connectivity index (χ1n) is 17.6. The molecule has 54 heavy (non-hydrogen) atoms. The minimum absolute atomic E-state index is 0.0296. The van der Waals surface area contributed by atoms with Crippen molar-refractivity contribution in [2.24, 2.45) is 5.41 Å². The number of hydrogen-bond acceptors (Lipinski definition) is 9. The van der Waals surface area contributed by atoms with Crippen molar-refractivity contribution in [3.8, 4) is 6.01 Å². The monoisotopic (exact) mass is 762 g/mol. The number of aromatic nitrogens is 3. The van der Waals surface area contributed by atoms with Gasteiger partial charge < -0.3 is 30.5 Å². The van der Waals surface area contributed by atoms with Crippen molar-refractivity contribution in [3.05, 3.63) is 100 Å². The fourth-order valence-corrected chi connectivity index (χ4v) is 7.06. The molecule has 1 aliphatic carbocycles. The van der Waals surface area contributed by atoms with E-state index >= 15 is 0 Å². The van der Waals surface area contributed by atoms with Gasteiger partial charge in [-0.3, -0.25) is 14.4 Å². The smallest absolute Gasteiger partial charge is 0.422 e. The van der Waals surface area contributed by atoms with Gasteiger partial charge in [-0.25, -0.2) is 0 Å². The van der Waals surface area contributed by atoms with E-state index in [1.54, 1.807) is 46.2 Å². The quantitative estimate of drug-likeness (QED) is 0.166. The molecule has 1 unspecified atom stereocenters. The fourth-order valence-electron chi connectivity index (χ4n) is 6.94. The summed E-state index contributed by atoms with van der Waals surface area (Å²) in [4.78, 5) is 55.0.